The van der Waals surface area contributed by atoms with Crippen molar-refractivity contribution in [2.24, 2.45) is 0 Å². The molecule has 36 heavy (non-hydrogen) atoms. The van der Waals surface area contributed by atoms with E-state index in [4.69, 9.17) is 14.3 Å². The van der Waals surface area contributed by atoms with Gasteiger partial charge in [0.05, 0.1) is 18.4 Å². The maximum absolute atomic E-state index is 13.8. The van der Waals surface area contributed by atoms with E-state index < -0.39 is 0 Å². The number of oxazole rings is 1. The second-order valence-electron chi connectivity index (χ2n) is 8.99. The van der Waals surface area contributed by atoms with E-state index in [2.05, 4.69) is 4.98 Å². The summed E-state index contributed by atoms with van der Waals surface area (Å²) in [5.41, 5.74) is 4.64. The molecule has 0 radical (unpaired) electrons. The fourth-order valence-electron chi connectivity index (χ4n) is 4.79. The lowest BCUT2D eigenvalue weighted by atomic mass is 9.96. The molecule has 5 aromatic rings. The van der Waals surface area contributed by atoms with Crippen LogP contribution in [0.2, 0.25) is 0 Å². The highest BCUT2D eigenvalue weighted by atomic mass is 16.5. The van der Waals surface area contributed by atoms with Crippen LogP contribution in [0.3, 0.4) is 0 Å². The Kier molecular flexibility index (Phi) is 5.73. The van der Waals surface area contributed by atoms with Crippen molar-refractivity contribution in [1.29, 1.82) is 0 Å². The van der Waals surface area contributed by atoms with Crippen molar-refractivity contribution < 1.29 is 13.9 Å². The molecule has 1 saturated heterocycles. The summed E-state index contributed by atoms with van der Waals surface area (Å²) in [5, 5.41) is 4.82. The number of carbonyl (C=O) groups is 1. The number of hydrogen-bond donors (Lipinski definition) is 0. The number of methoxy groups -OCH3 is 1. The van der Waals surface area contributed by atoms with Crippen molar-refractivity contribution in [3.05, 3.63) is 96.5 Å². The molecule has 7 nitrogen and oxygen atoms in total. The Hall–Kier alpha value is -4.39. The minimum absolute atomic E-state index is 0.0222. The van der Waals surface area contributed by atoms with Gasteiger partial charge in [0.25, 0.3) is 5.91 Å². The third kappa shape index (κ3) is 4.13. The van der Waals surface area contributed by atoms with Gasteiger partial charge >= 0.3 is 0 Å². The van der Waals surface area contributed by atoms with Crippen LogP contribution in [-0.4, -0.2) is 45.8 Å². The smallest absolute Gasteiger partial charge is 0.257 e. The fourth-order valence-corrected chi connectivity index (χ4v) is 4.79. The molecule has 0 unspecified atom stereocenters. The molecule has 7 heteroatoms. The van der Waals surface area contributed by atoms with E-state index in [0.29, 0.717) is 24.3 Å². The molecule has 1 aliphatic heterocycles. The molecule has 0 N–H and O–H groups in total. The third-order valence-electron chi connectivity index (χ3n) is 6.75. The fraction of sp³-hybridized carbons (Fsp3) is 0.207. The number of likely N-dealkylation sites (tertiary alicyclic amines) is 1. The van der Waals surface area contributed by atoms with Crippen molar-refractivity contribution in [2.45, 2.75) is 18.8 Å². The van der Waals surface area contributed by atoms with Crippen LogP contribution >= 0.6 is 0 Å². The predicted molar refractivity (Wildman–Crippen MR) is 137 cm³/mol. The topological polar surface area (TPSA) is 73.4 Å². The molecule has 180 valence electrons. The first kappa shape index (κ1) is 22.1. The van der Waals surface area contributed by atoms with Crippen molar-refractivity contribution >= 4 is 17.0 Å². The summed E-state index contributed by atoms with van der Waals surface area (Å²) >= 11 is 0. The SMILES string of the molecule is COc1cccc(-c2nn(-c3ccccc3)cc2C(=O)N2CCC(c3nc4ccccc4o3)CC2)c1. The van der Waals surface area contributed by atoms with Crippen LogP contribution in [0.1, 0.15) is 35.0 Å². The third-order valence-corrected chi connectivity index (χ3v) is 6.75. The van der Waals surface area contributed by atoms with Gasteiger partial charge in [0.2, 0.25) is 0 Å². The van der Waals surface area contributed by atoms with Crippen molar-refractivity contribution in [3.8, 4) is 22.7 Å². The summed E-state index contributed by atoms with van der Waals surface area (Å²) in [7, 11) is 1.63. The number of benzene rings is 3. The predicted octanol–water partition coefficient (Wildman–Crippen LogP) is 5.71. The van der Waals surface area contributed by atoms with Gasteiger partial charge in [-0.1, -0.05) is 42.5 Å². The molecule has 2 aromatic heterocycles. The number of aromatic nitrogens is 3. The summed E-state index contributed by atoms with van der Waals surface area (Å²) < 4.78 is 13.2. The lowest BCUT2D eigenvalue weighted by Crippen LogP contribution is -2.38. The Morgan fingerprint density at radius 1 is 0.972 bits per heavy atom. The van der Waals surface area contributed by atoms with Gasteiger partial charge in [0, 0.05) is 30.8 Å². The minimum atomic E-state index is -0.0222. The molecule has 0 atom stereocenters. The zero-order valence-electron chi connectivity index (χ0n) is 20.0. The van der Waals surface area contributed by atoms with E-state index in [1.165, 1.54) is 0 Å². The molecule has 1 amide bonds. The average Bonchev–Trinajstić information content (AvgIpc) is 3.59. The van der Waals surface area contributed by atoms with Crippen LogP contribution in [-0.2, 0) is 0 Å². The maximum atomic E-state index is 13.8. The molecule has 3 aromatic carbocycles. The first-order valence-electron chi connectivity index (χ1n) is 12.1. The number of rotatable bonds is 5. The van der Waals surface area contributed by atoms with Gasteiger partial charge < -0.3 is 14.1 Å². The van der Waals surface area contributed by atoms with Crippen molar-refractivity contribution in [3.63, 3.8) is 0 Å². The molecule has 0 bridgehead atoms. The van der Waals surface area contributed by atoms with Gasteiger partial charge in [-0.15, -0.1) is 0 Å². The lowest BCUT2D eigenvalue weighted by molar-refractivity contribution is 0.0707. The van der Waals surface area contributed by atoms with Crippen LogP contribution in [0.15, 0.2) is 89.5 Å². The van der Waals surface area contributed by atoms with Crippen LogP contribution in [0.4, 0.5) is 0 Å². The van der Waals surface area contributed by atoms with Crippen molar-refractivity contribution in [2.75, 3.05) is 20.2 Å². The summed E-state index contributed by atoms with van der Waals surface area (Å²) in [6.07, 6.45) is 3.44. The lowest BCUT2D eigenvalue weighted by Gasteiger charge is -2.30. The Bertz CT molecular complexity index is 1480. The molecule has 1 fully saturated rings. The summed E-state index contributed by atoms with van der Waals surface area (Å²) in [6.45, 7) is 1.27. The van der Waals surface area contributed by atoms with Crippen LogP contribution < -0.4 is 4.74 Å². The largest absolute Gasteiger partial charge is 0.497 e. The molecule has 0 spiro atoms. The maximum Gasteiger partial charge on any atom is 0.257 e. The van der Waals surface area contributed by atoms with E-state index in [1.54, 1.807) is 11.8 Å². The molecular formula is C29H26N4O3. The average molecular weight is 479 g/mol. The first-order valence-corrected chi connectivity index (χ1v) is 12.1. The van der Waals surface area contributed by atoms with Crippen molar-refractivity contribution in [1.82, 2.24) is 19.7 Å². The summed E-state index contributed by atoms with van der Waals surface area (Å²) in [4.78, 5) is 20.4. The second kappa shape index (κ2) is 9.34. The van der Waals surface area contributed by atoms with E-state index >= 15 is 0 Å². The zero-order valence-corrected chi connectivity index (χ0v) is 20.0. The quantitative estimate of drug-likeness (QED) is 0.324. The highest BCUT2D eigenvalue weighted by Gasteiger charge is 2.30. The van der Waals surface area contributed by atoms with Gasteiger partial charge in [-0.05, 0) is 49.2 Å². The van der Waals surface area contributed by atoms with E-state index in [9.17, 15) is 4.79 Å². The Labute approximate surface area is 208 Å². The normalized spacial score (nSPS) is 14.3. The Morgan fingerprint density at radius 3 is 2.53 bits per heavy atom. The molecule has 1 aliphatic rings. The standard InChI is InChI=1S/C29H26N4O3/c1-35-23-11-7-8-21(18-23)27-24(19-33(31-27)22-9-3-2-4-10-22)29(34)32-16-14-20(15-17-32)28-30-25-12-5-6-13-26(25)36-28/h2-13,18-20H,14-17H2,1H3. The molecule has 3 heterocycles. The number of fused-ring (bicyclic) bond motifs is 1. The number of amides is 1. The van der Waals surface area contributed by atoms with Crippen LogP contribution in [0.25, 0.3) is 28.0 Å². The van der Waals surface area contributed by atoms with Gasteiger partial charge in [0.1, 0.15) is 17.0 Å². The number of ether oxygens (including phenoxy) is 1. The van der Waals surface area contributed by atoms with Crippen LogP contribution in [0.5, 0.6) is 5.75 Å². The number of carbonyl (C=O) groups excluding carboxylic acids is 1. The first-order chi connectivity index (χ1) is 17.7. The van der Waals surface area contributed by atoms with Gasteiger partial charge in [-0.2, -0.15) is 5.10 Å². The van der Waals surface area contributed by atoms with E-state index in [-0.39, 0.29) is 11.8 Å². The summed E-state index contributed by atoms with van der Waals surface area (Å²) in [5.74, 6) is 1.66. The molecular weight excluding hydrogens is 452 g/mol. The van der Waals surface area contributed by atoms with E-state index in [1.807, 2.05) is 90.0 Å². The second-order valence-corrected chi connectivity index (χ2v) is 8.99. The zero-order chi connectivity index (χ0) is 24.5. The number of para-hydroxylation sites is 3. The van der Waals surface area contributed by atoms with Gasteiger partial charge in [-0.25, -0.2) is 9.67 Å². The highest BCUT2D eigenvalue weighted by Crippen LogP contribution is 2.32. The highest BCUT2D eigenvalue weighted by molar-refractivity contribution is 6.00. The summed E-state index contributed by atoms with van der Waals surface area (Å²) in [6, 6.07) is 25.3. The molecule has 0 aliphatic carbocycles. The number of hydrogen-bond acceptors (Lipinski definition) is 5. The van der Waals surface area contributed by atoms with Gasteiger partial charge in [0.15, 0.2) is 11.5 Å². The number of nitrogens with zero attached hydrogens (tertiary/aromatic N) is 4. The minimum Gasteiger partial charge on any atom is -0.497 e. The number of piperidine rings is 1. The van der Waals surface area contributed by atoms with E-state index in [0.717, 1.165) is 46.8 Å². The van der Waals surface area contributed by atoms with Crippen LogP contribution in [0, 0.1) is 0 Å². The Balaban J connectivity index is 1.28. The Morgan fingerprint density at radius 2 is 1.75 bits per heavy atom. The molecule has 6 rings (SSSR count). The monoisotopic (exact) mass is 478 g/mol. The van der Waals surface area contributed by atoms with Gasteiger partial charge in [-0.3, -0.25) is 4.79 Å². The molecule has 0 saturated carbocycles.